The molecular weight excluding hydrogens is 398 g/mol. The van der Waals surface area contributed by atoms with Crippen LogP contribution >= 0.6 is 0 Å². The van der Waals surface area contributed by atoms with Gasteiger partial charge in [0.15, 0.2) is 0 Å². The predicted octanol–water partition coefficient (Wildman–Crippen LogP) is 5.64. The quantitative estimate of drug-likeness (QED) is 0.295. The number of likely N-dealkylation sites (tertiary alicyclic amines) is 1. The molecule has 166 valence electrons. The van der Waals surface area contributed by atoms with Crippen LogP contribution in [0, 0.1) is 0 Å². The molecule has 4 aromatic rings. The van der Waals surface area contributed by atoms with Crippen LogP contribution < -0.4 is 0 Å². The van der Waals surface area contributed by atoms with Crippen molar-refractivity contribution in [2.75, 3.05) is 26.7 Å². The summed E-state index contributed by atoms with van der Waals surface area (Å²) in [5, 5.41) is 2.45. The molecule has 5 nitrogen and oxygen atoms in total. The summed E-state index contributed by atoms with van der Waals surface area (Å²) < 4.78 is 4.86. The Hall–Kier alpha value is -3.05. The molecule has 2 aromatic heterocycles. The first kappa shape index (κ1) is 20.8. The first-order valence-corrected chi connectivity index (χ1v) is 11.7. The van der Waals surface area contributed by atoms with E-state index in [0.29, 0.717) is 11.5 Å². The molecule has 1 saturated heterocycles. The minimum atomic E-state index is -0.282. The molecule has 1 aliphatic rings. The number of unbranched alkanes of at least 4 members (excludes halogenated alkanes) is 1. The van der Waals surface area contributed by atoms with Gasteiger partial charge in [0.1, 0.15) is 0 Å². The number of fused-ring (bicyclic) bond motifs is 2. The zero-order valence-corrected chi connectivity index (χ0v) is 18.7. The Bertz CT molecular complexity index is 1180. The molecule has 3 heterocycles. The Balaban J connectivity index is 1.10. The highest BCUT2D eigenvalue weighted by atomic mass is 16.5. The van der Waals surface area contributed by atoms with Gasteiger partial charge in [-0.15, -0.1) is 0 Å². The highest BCUT2D eigenvalue weighted by Crippen LogP contribution is 2.30. The lowest BCUT2D eigenvalue weighted by Crippen LogP contribution is -2.33. The fourth-order valence-electron chi connectivity index (χ4n) is 5.06. The van der Waals surface area contributed by atoms with Crippen molar-refractivity contribution in [3.8, 4) is 0 Å². The van der Waals surface area contributed by atoms with Crippen LogP contribution in [0.1, 0.15) is 53.2 Å². The van der Waals surface area contributed by atoms with Gasteiger partial charge in [-0.05, 0) is 93.0 Å². The molecule has 0 aliphatic carbocycles. The Morgan fingerprint density at radius 3 is 2.72 bits per heavy atom. The molecule has 0 atom stereocenters. The maximum absolute atomic E-state index is 11.8. The molecule has 0 spiro atoms. The van der Waals surface area contributed by atoms with Crippen molar-refractivity contribution in [1.82, 2.24) is 14.9 Å². The van der Waals surface area contributed by atoms with E-state index < -0.39 is 0 Å². The molecule has 2 N–H and O–H groups in total. The number of hydrogen-bond donors (Lipinski definition) is 2. The topological polar surface area (TPSA) is 61.1 Å². The number of nitrogens with zero attached hydrogens (tertiary/aromatic N) is 1. The summed E-state index contributed by atoms with van der Waals surface area (Å²) in [4.78, 5) is 21.4. The van der Waals surface area contributed by atoms with E-state index in [4.69, 9.17) is 4.74 Å². The summed E-state index contributed by atoms with van der Waals surface area (Å²) in [7, 11) is 1.42. The number of aromatic amines is 2. The summed E-state index contributed by atoms with van der Waals surface area (Å²) in [5.41, 5.74) is 5.62. The number of para-hydroxylation sites is 1. The van der Waals surface area contributed by atoms with E-state index in [-0.39, 0.29) is 5.97 Å². The Morgan fingerprint density at radius 1 is 1.06 bits per heavy atom. The first-order valence-electron chi connectivity index (χ1n) is 11.7. The summed E-state index contributed by atoms with van der Waals surface area (Å²) in [6.07, 6.45) is 7.91. The van der Waals surface area contributed by atoms with E-state index in [0.717, 1.165) is 30.3 Å². The molecule has 0 saturated carbocycles. The largest absolute Gasteiger partial charge is 0.465 e. The predicted molar refractivity (Wildman–Crippen MR) is 129 cm³/mol. The number of nitrogens with one attached hydrogen (secondary N) is 2. The minimum absolute atomic E-state index is 0.282. The fourth-order valence-corrected chi connectivity index (χ4v) is 5.06. The highest BCUT2D eigenvalue weighted by Gasteiger charge is 2.21. The van der Waals surface area contributed by atoms with Crippen LogP contribution in [0.15, 0.2) is 54.7 Å². The Kier molecular flexibility index (Phi) is 5.99. The monoisotopic (exact) mass is 429 g/mol. The van der Waals surface area contributed by atoms with Gasteiger partial charge < -0.3 is 19.6 Å². The van der Waals surface area contributed by atoms with Crippen molar-refractivity contribution in [1.29, 1.82) is 0 Å². The number of ether oxygens (including phenoxy) is 1. The summed E-state index contributed by atoms with van der Waals surface area (Å²) in [5.74, 6) is 0.365. The summed E-state index contributed by atoms with van der Waals surface area (Å²) in [6, 6.07) is 16.6. The smallest absolute Gasteiger partial charge is 0.337 e. The van der Waals surface area contributed by atoms with Crippen LogP contribution in [0.25, 0.3) is 21.8 Å². The van der Waals surface area contributed by atoms with Gasteiger partial charge in [0.25, 0.3) is 0 Å². The number of esters is 1. The number of H-pyrrole nitrogens is 2. The average molecular weight is 430 g/mol. The second kappa shape index (κ2) is 9.21. The lowest BCUT2D eigenvalue weighted by Gasteiger charge is -2.31. The minimum Gasteiger partial charge on any atom is -0.465 e. The van der Waals surface area contributed by atoms with Gasteiger partial charge in [-0.1, -0.05) is 18.2 Å². The van der Waals surface area contributed by atoms with E-state index in [1.165, 1.54) is 61.6 Å². The molecule has 5 rings (SSSR count). The number of benzene rings is 2. The third-order valence-corrected chi connectivity index (χ3v) is 6.94. The molecule has 2 aromatic carbocycles. The van der Waals surface area contributed by atoms with Crippen molar-refractivity contribution in [2.45, 2.75) is 38.0 Å². The normalized spacial score (nSPS) is 15.5. The average Bonchev–Trinajstić information content (AvgIpc) is 3.45. The Labute approximate surface area is 188 Å². The Morgan fingerprint density at radius 2 is 1.91 bits per heavy atom. The summed E-state index contributed by atoms with van der Waals surface area (Å²) >= 11 is 0. The standard InChI is InChI=1S/C27H31N3O2/c1-32-27(31)21-9-10-25-23(16-21)22(18-28-25)7-4-5-13-30-14-11-19(12-15-30)26-17-20-6-2-3-8-24(20)29-26/h2-3,6,8-10,16-19,28-29H,4-5,7,11-15H2,1H3. The maximum Gasteiger partial charge on any atom is 0.337 e. The SMILES string of the molecule is COC(=O)c1ccc2[nH]cc(CCCCN3CCC(c4cc5ccccc5[nH]4)CC3)c2c1. The third kappa shape index (κ3) is 4.30. The van der Waals surface area contributed by atoms with Crippen molar-refractivity contribution in [2.24, 2.45) is 0 Å². The van der Waals surface area contributed by atoms with Crippen LogP contribution in [-0.2, 0) is 11.2 Å². The molecule has 1 aliphatic heterocycles. The van der Waals surface area contributed by atoms with Crippen molar-refractivity contribution >= 4 is 27.8 Å². The molecule has 0 radical (unpaired) electrons. The van der Waals surface area contributed by atoms with E-state index in [2.05, 4.69) is 51.4 Å². The van der Waals surface area contributed by atoms with Crippen LogP contribution in [0.3, 0.4) is 0 Å². The third-order valence-electron chi connectivity index (χ3n) is 6.94. The van der Waals surface area contributed by atoms with E-state index in [1.807, 2.05) is 18.2 Å². The number of hydrogen-bond acceptors (Lipinski definition) is 3. The van der Waals surface area contributed by atoms with E-state index in [1.54, 1.807) is 0 Å². The van der Waals surface area contributed by atoms with Gasteiger partial charge in [-0.25, -0.2) is 4.79 Å². The highest BCUT2D eigenvalue weighted by molar-refractivity contribution is 5.95. The van der Waals surface area contributed by atoms with E-state index in [9.17, 15) is 4.79 Å². The van der Waals surface area contributed by atoms with Crippen LogP contribution in [0.2, 0.25) is 0 Å². The van der Waals surface area contributed by atoms with Crippen molar-refractivity contribution in [3.05, 3.63) is 71.5 Å². The number of carbonyl (C=O) groups is 1. The van der Waals surface area contributed by atoms with Gasteiger partial charge in [0.05, 0.1) is 12.7 Å². The molecule has 32 heavy (non-hydrogen) atoms. The van der Waals surface area contributed by atoms with Gasteiger partial charge >= 0.3 is 5.97 Å². The maximum atomic E-state index is 11.8. The lowest BCUT2D eigenvalue weighted by atomic mass is 9.93. The van der Waals surface area contributed by atoms with Gasteiger partial charge in [-0.2, -0.15) is 0 Å². The number of rotatable bonds is 7. The zero-order valence-electron chi connectivity index (χ0n) is 18.7. The molecule has 5 heteroatoms. The van der Waals surface area contributed by atoms with Crippen LogP contribution in [0.5, 0.6) is 0 Å². The van der Waals surface area contributed by atoms with Crippen molar-refractivity contribution < 1.29 is 9.53 Å². The number of methoxy groups -OCH3 is 1. The second-order valence-corrected chi connectivity index (χ2v) is 8.95. The number of aromatic nitrogens is 2. The fraction of sp³-hybridized carbons (Fsp3) is 0.370. The zero-order chi connectivity index (χ0) is 21.9. The van der Waals surface area contributed by atoms with Gasteiger partial charge in [0, 0.05) is 34.2 Å². The van der Waals surface area contributed by atoms with E-state index >= 15 is 0 Å². The van der Waals surface area contributed by atoms with Gasteiger partial charge in [0.2, 0.25) is 0 Å². The molecule has 0 bridgehead atoms. The second-order valence-electron chi connectivity index (χ2n) is 8.95. The molecular formula is C27H31N3O2. The van der Waals surface area contributed by atoms with Crippen molar-refractivity contribution in [3.63, 3.8) is 0 Å². The van der Waals surface area contributed by atoms with Gasteiger partial charge in [-0.3, -0.25) is 0 Å². The number of piperidine rings is 1. The molecule has 0 unspecified atom stereocenters. The first-order chi connectivity index (χ1) is 15.7. The van der Waals surface area contributed by atoms with Crippen LogP contribution in [-0.4, -0.2) is 47.6 Å². The van der Waals surface area contributed by atoms with Crippen LogP contribution in [0.4, 0.5) is 0 Å². The number of aryl methyl sites for hydroxylation is 1. The summed E-state index contributed by atoms with van der Waals surface area (Å²) in [6.45, 7) is 3.51. The lowest BCUT2D eigenvalue weighted by molar-refractivity contribution is 0.0601. The molecule has 0 amide bonds. The number of carbonyl (C=O) groups excluding carboxylic acids is 1. The molecule has 1 fully saturated rings.